The summed E-state index contributed by atoms with van der Waals surface area (Å²) in [6.07, 6.45) is 0.970. The van der Waals surface area contributed by atoms with Crippen molar-refractivity contribution < 1.29 is 9.52 Å². The standard InChI is InChI=1S/C19H19Cl2N3O2/c1-2-9-24(11-13-5-3-4-6-17(13)25)12-18-22-23-19(26-18)15-8-7-14(20)10-16(15)21/h3-8,10,25H,2,9,11-12H2,1H3. The lowest BCUT2D eigenvalue weighted by Crippen LogP contribution is -2.23. The highest BCUT2D eigenvalue weighted by Gasteiger charge is 2.16. The maximum Gasteiger partial charge on any atom is 0.249 e. The van der Waals surface area contributed by atoms with Gasteiger partial charge in [0.15, 0.2) is 0 Å². The monoisotopic (exact) mass is 391 g/mol. The van der Waals surface area contributed by atoms with E-state index in [0.717, 1.165) is 18.5 Å². The largest absolute Gasteiger partial charge is 0.508 e. The smallest absolute Gasteiger partial charge is 0.249 e. The Labute approximate surface area is 162 Å². The van der Waals surface area contributed by atoms with Gasteiger partial charge >= 0.3 is 0 Å². The lowest BCUT2D eigenvalue weighted by atomic mass is 10.2. The van der Waals surface area contributed by atoms with Gasteiger partial charge in [0, 0.05) is 17.1 Å². The molecule has 3 aromatic rings. The summed E-state index contributed by atoms with van der Waals surface area (Å²) in [6, 6.07) is 12.4. The molecular weight excluding hydrogens is 373 g/mol. The molecule has 5 nitrogen and oxygen atoms in total. The molecule has 1 N–H and O–H groups in total. The molecule has 0 unspecified atom stereocenters. The maximum absolute atomic E-state index is 10.00. The van der Waals surface area contributed by atoms with Crippen molar-refractivity contribution in [2.75, 3.05) is 6.54 Å². The second kappa shape index (κ2) is 8.54. The molecule has 0 aliphatic carbocycles. The average Bonchev–Trinajstić information content (AvgIpc) is 3.05. The Morgan fingerprint density at radius 2 is 1.88 bits per heavy atom. The van der Waals surface area contributed by atoms with E-state index in [2.05, 4.69) is 22.0 Å². The Morgan fingerprint density at radius 1 is 1.08 bits per heavy atom. The number of phenols is 1. The zero-order valence-electron chi connectivity index (χ0n) is 14.3. The predicted octanol–water partition coefficient (Wildman–Crippen LogP) is 5.16. The van der Waals surface area contributed by atoms with E-state index in [1.807, 2.05) is 18.2 Å². The van der Waals surface area contributed by atoms with Crippen LogP contribution in [0.25, 0.3) is 11.5 Å². The van der Waals surface area contributed by atoms with Gasteiger partial charge in [-0.15, -0.1) is 10.2 Å². The van der Waals surface area contributed by atoms with Crippen molar-refractivity contribution in [3.05, 3.63) is 64.0 Å². The molecule has 0 radical (unpaired) electrons. The van der Waals surface area contributed by atoms with E-state index in [-0.39, 0.29) is 5.75 Å². The van der Waals surface area contributed by atoms with Crippen LogP contribution in [0.5, 0.6) is 5.75 Å². The molecule has 7 heteroatoms. The van der Waals surface area contributed by atoms with Gasteiger partial charge < -0.3 is 9.52 Å². The van der Waals surface area contributed by atoms with Crippen LogP contribution in [0.2, 0.25) is 10.0 Å². The van der Waals surface area contributed by atoms with Crippen LogP contribution in [0.3, 0.4) is 0 Å². The molecule has 136 valence electrons. The van der Waals surface area contributed by atoms with Crippen molar-refractivity contribution in [2.24, 2.45) is 0 Å². The Morgan fingerprint density at radius 3 is 2.62 bits per heavy atom. The number of hydrogen-bond acceptors (Lipinski definition) is 5. The van der Waals surface area contributed by atoms with Crippen LogP contribution in [-0.2, 0) is 13.1 Å². The van der Waals surface area contributed by atoms with E-state index >= 15 is 0 Å². The minimum absolute atomic E-state index is 0.285. The van der Waals surface area contributed by atoms with Crippen molar-refractivity contribution in [1.82, 2.24) is 15.1 Å². The van der Waals surface area contributed by atoms with Crippen LogP contribution in [0.4, 0.5) is 0 Å². The second-order valence-electron chi connectivity index (χ2n) is 5.96. The molecule has 0 aliphatic rings. The first-order valence-corrected chi connectivity index (χ1v) is 9.09. The molecule has 3 rings (SSSR count). The fraction of sp³-hybridized carbons (Fsp3) is 0.263. The van der Waals surface area contributed by atoms with Gasteiger partial charge in [-0.3, -0.25) is 4.90 Å². The minimum atomic E-state index is 0.285. The third-order valence-electron chi connectivity index (χ3n) is 3.91. The summed E-state index contributed by atoms with van der Waals surface area (Å²) in [6.45, 7) is 4.03. The van der Waals surface area contributed by atoms with E-state index in [4.69, 9.17) is 27.6 Å². The Kier molecular flexibility index (Phi) is 6.14. The summed E-state index contributed by atoms with van der Waals surface area (Å²) in [4.78, 5) is 2.15. The molecule has 0 aliphatic heterocycles. The van der Waals surface area contributed by atoms with Gasteiger partial charge in [-0.2, -0.15) is 0 Å². The number of para-hydroxylation sites is 1. The van der Waals surface area contributed by atoms with Gasteiger partial charge in [0.25, 0.3) is 0 Å². The summed E-state index contributed by atoms with van der Waals surface area (Å²) >= 11 is 12.1. The highest BCUT2D eigenvalue weighted by Crippen LogP contribution is 2.29. The normalized spacial score (nSPS) is 11.2. The van der Waals surface area contributed by atoms with Crippen LogP contribution in [0.1, 0.15) is 24.8 Å². The molecule has 0 atom stereocenters. The number of nitrogens with zero attached hydrogens (tertiary/aromatic N) is 3. The molecule has 0 saturated carbocycles. The highest BCUT2D eigenvalue weighted by molar-refractivity contribution is 6.36. The van der Waals surface area contributed by atoms with Crippen molar-refractivity contribution in [2.45, 2.75) is 26.4 Å². The zero-order chi connectivity index (χ0) is 18.5. The van der Waals surface area contributed by atoms with Crippen LogP contribution in [-0.4, -0.2) is 26.7 Å². The topological polar surface area (TPSA) is 62.4 Å². The number of benzene rings is 2. The van der Waals surface area contributed by atoms with Crippen molar-refractivity contribution in [3.63, 3.8) is 0 Å². The van der Waals surface area contributed by atoms with Gasteiger partial charge in [-0.05, 0) is 37.2 Å². The number of halogens is 2. The third-order valence-corrected chi connectivity index (χ3v) is 4.46. The molecule has 0 amide bonds. The SMILES string of the molecule is CCCN(Cc1nnc(-c2ccc(Cl)cc2Cl)o1)Cc1ccccc1O. The Hall–Kier alpha value is -2.08. The first kappa shape index (κ1) is 18.7. The predicted molar refractivity (Wildman–Crippen MR) is 102 cm³/mol. The van der Waals surface area contributed by atoms with Gasteiger partial charge in [0.05, 0.1) is 17.1 Å². The number of aromatic nitrogens is 2. The van der Waals surface area contributed by atoms with E-state index in [1.54, 1.807) is 24.3 Å². The van der Waals surface area contributed by atoms with Crippen LogP contribution < -0.4 is 0 Å². The second-order valence-corrected chi connectivity index (χ2v) is 6.81. The lowest BCUT2D eigenvalue weighted by molar-refractivity contribution is 0.229. The molecule has 0 spiro atoms. The summed E-state index contributed by atoms with van der Waals surface area (Å²) in [5.41, 5.74) is 1.51. The minimum Gasteiger partial charge on any atom is -0.508 e. The Balaban J connectivity index is 1.76. The summed E-state index contributed by atoms with van der Waals surface area (Å²) in [5, 5.41) is 19.2. The molecule has 1 heterocycles. The zero-order valence-corrected chi connectivity index (χ0v) is 15.8. The van der Waals surface area contributed by atoms with Gasteiger partial charge in [0.2, 0.25) is 11.8 Å². The van der Waals surface area contributed by atoms with Crippen LogP contribution >= 0.6 is 23.2 Å². The van der Waals surface area contributed by atoms with Gasteiger partial charge in [-0.1, -0.05) is 48.3 Å². The van der Waals surface area contributed by atoms with Crippen molar-refractivity contribution in [3.8, 4) is 17.2 Å². The number of rotatable bonds is 7. The molecule has 26 heavy (non-hydrogen) atoms. The summed E-state index contributed by atoms with van der Waals surface area (Å²) in [7, 11) is 0. The summed E-state index contributed by atoms with van der Waals surface area (Å²) < 4.78 is 5.78. The molecular formula is C19H19Cl2N3O2. The van der Waals surface area contributed by atoms with Gasteiger partial charge in [0.1, 0.15) is 5.75 Å². The van der Waals surface area contributed by atoms with E-state index in [1.165, 1.54) is 0 Å². The molecule has 1 aromatic heterocycles. The average molecular weight is 392 g/mol. The molecule has 2 aromatic carbocycles. The van der Waals surface area contributed by atoms with Gasteiger partial charge in [-0.25, -0.2) is 0 Å². The fourth-order valence-corrected chi connectivity index (χ4v) is 3.19. The number of aromatic hydroxyl groups is 1. The first-order valence-electron chi connectivity index (χ1n) is 8.34. The van der Waals surface area contributed by atoms with Crippen molar-refractivity contribution >= 4 is 23.2 Å². The fourth-order valence-electron chi connectivity index (χ4n) is 2.70. The van der Waals surface area contributed by atoms with E-state index in [9.17, 15) is 5.11 Å². The summed E-state index contributed by atoms with van der Waals surface area (Å²) in [5.74, 6) is 1.14. The third kappa shape index (κ3) is 4.55. The van der Waals surface area contributed by atoms with Crippen LogP contribution in [0, 0.1) is 0 Å². The van der Waals surface area contributed by atoms with Crippen molar-refractivity contribution in [1.29, 1.82) is 0 Å². The maximum atomic E-state index is 10.00. The molecule has 0 fully saturated rings. The quantitative estimate of drug-likeness (QED) is 0.602. The lowest BCUT2D eigenvalue weighted by Gasteiger charge is -2.20. The highest BCUT2D eigenvalue weighted by atomic mass is 35.5. The van der Waals surface area contributed by atoms with E-state index in [0.29, 0.717) is 40.5 Å². The van der Waals surface area contributed by atoms with Crippen LogP contribution in [0.15, 0.2) is 46.9 Å². The van der Waals surface area contributed by atoms with E-state index < -0.39 is 0 Å². The first-order chi connectivity index (χ1) is 12.6. The molecule has 0 bridgehead atoms. The number of hydrogen-bond donors (Lipinski definition) is 1. The molecule has 0 saturated heterocycles. The Bertz CT molecular complexity index is 883. The number of phenolic OH excluding ortho intramolecular Hbond substituents is 1.